The SMILES string of the molecule is O=C(/C=C/c1ccc(F)cc1)NC(=S)NNC(=O)CNC(=O)C1CCCCC1. The Balaban J connectivity index is 1.64. The van der Waals surface area contributed by atoms with Gasteiger partial charge in [-0.05, 0) is 48.8 Å². The lowest BCUT2D eigenvalue weighted by Gasteiger charge is -2.20. The van der Waals surface area contributed by atoms with E-state index in [1.807, 2.05) is 0 Å². The van der Waals surface area contributed by atoms with E-state index in [2.05, 4.69) is 21.5 Å². The molecule has 2 rings (SSSR count). The lowest BCUT2D eigenvalue weighted by molar-refractivity contribution is -0.129. The number of carbonyl (C=O) groups is 3. The number of hydrogen-bond donors (Lipinski definition) is 4. The van der Waals surface area contributed by atoms with Gasteiger partial charge in [-0.1, -0.05) is 31.4 Å². The molecule has 0 radical (unpaired) electrons. The van der Waals surface area contributed by atoms with Gasteiger partial charge in [0.25, 0.3) is 5.91 Å². The van der Waals surface area contributed by atoms with Gasteiger partial charge in [0, 0.05) is 12.0 Å². The first-order valence-electron chi connectivity index (χ1n) is 9.05. The number of halogens is 1. The minimum Gasteiger partial charge on any atom is -0.347 e. The summed E-state index contributed by atoms with van der Waals surface area (Å²) < 4.78 is 12.8. The Kier molecular flexibility index (Phi) is 8.54. The van der Waals surface area contributed by atoms with Crippen molar-refractivity contribution in [3.05, 3.63) is 41.7 Å². The second-order valence-electron chi connectivity index (χ2n) is 6.43. The summed E-state index contributed by atoms with van der Waals surface area (Å²) in [5.74, 6) is -1.50. The molecule has 0 unspecified atom stereocenters. The Morgan fingerprint density at radius 2 is 1.75 bits per heavy atom. The largest absolute Gasteiger partial charge is 0.347 e. The summed E-state index contributed by atoms with van der Waals surface area (Å²) in [6, 6.07) is 5.62. The highest BCUT2D eigenvalue weighted by Crippen LogP contribution is 2.23. The number of thiocarbonyl (C=S) groups is 1. The Morgan fingerprint density at radius 3 is 2.43 bits per heavy atom. The van der Waals surface area contributed by atoms with Gasteiger partial charge in [-0.15, -0.1) is 0 Å². The van der Waals surface area contributed by atoms with Crippen molar-refractivity contribution in [3.8, 4) is 0 Å². The fraction of sp³-hybridized carbons (Fsp3) is 0.368. The first-order valence-corrected chi connectivity index (χ1v) is 9.46. The van der Waals surface area contributed by atoms with Crippen molar-refractivity contribution in [1.82, 2.24) is 21.5 Å². The van der Waals surface area contributed by atoms with Crippen LogP contribution in [0.4, 0.5) is 4.39 Å². The van der Waals surface area contributed by atoms with Crippen LogP contribution in [0.1, 0.15) is 37.7 Å². The molecular weight excluding hydrogens is 383 g/mol. The summed E-state index contributed by atoms with van der Waals surface area (Å²) in [7, 11) is 0. The molecule has 0 saturated heterocycles. The van der Waals surface area contributed by atoms with Crippen LogP contribution in [0.3, 0.4) is 0 Å². The number of carbonyl (C=O) groups excluding carboxylic acids is 3. The van der Waals surface area contributed by atoms with Crippen LogP contribution < -0.4 is 21.5 Å². The van der Waals surface area contributed by atoms with E-state index in [1.165, 1.54) is 36.4 Å². The van der Waals surface area contributed by atoms with Gasteiger partial charge in [-0.3, -0.25) is 30.6 Å². The van der Waals surface area contributed by atoms with Crippen molar-refractivity contribution in [1.29, 1.82) is 0 Å². The Labute approximate surface area is 168 Å². The topological polar surface area (TPSA) is 99.3 Å². The molecule has 7 nitrogen and oxygen atoms in total. The van der Waals surface area contributed by atoms with Crippen LogP contribution in [0.5, 0.6) is 0 Å². The lowest BCUT2D eigenvalue weighted by Crippen LogP contribution is -2.51. The van der Waals surface area contributed by atoms with E-state index in [1.54, 1.807) is 0 Å². The van der Waals surface area contributed by atoms with Gasteiger partial charge in [0.05, 0.1) is 6.54 Å². The molecule has 0 heterocycles. The third kappa shape index (κ3) is 7.83. The smallest absolute Gasteiger partial charge is 0.257 e. The zero-order chi connectivity index (χ0) is 20.4. The quantitative estimate of drug-likeness (QED) is 0.338. The predicted octanol–water partition coefficient (Wildman–Crippen LogP) is 1.56. The minimum atomic E-state index is -0.512. The van der Waals surface area contributed by atoms with Crippen LogP contribution in [-0.4, -0.2) is 29.4 Å². The van der Waals surface area contributed by atoms with Gasteiger partial charge in [-0.2, -0.15) is 0 Å². The van der Waals surface area contributed by atoms with Crippen molar-refractivity contribution < 1.29 is 18.8 Å². The molecule has 0 atom stereocenters. The zero-order valence-electron chi connectivity index (χ0n) is 15.3. The van der Waals surface area contributed by atoms with E-state index >= 15 is 0 Å². The second kappa shape index (κ2) is 11.1. The van der Waals surface area contributed by atoms with E-state index in [4.69, 9.17) is 12.2 Å². The molecule has 1 aromatic rings. The third-order valence-corrected chi connectivity index (χ3v) is 4.45. The van der Waals surface area contributed by atoms with Gasteiger partial charge in [0.1, 0.15) is 5.82 Å². The number of rotatable bonds is 5. The fourth-order valence-electron chi connectivity index (χ4n) is 2.78. The van der Waals surface area contributed by atoms with E-state index < -0.39 is 11.8 Å². The Morgan fingerprint density at radius 1 is 1.07 bits per heavy atom. The van der Waals surface area contributed by atoms with Crippen LogP contribution in [0, 0.1) is 11.7 Å². The standard InChI is InChI=1S/C19H23FN4O3S/c20-15-9-6-13(7-10-15)8-11-16(25)22-19(28)24-23-17(26)12-21-18(27)14-4-2-1-3-5-14/h6-11,14H,1-5,12H2,(H,21,27)(H,23,26)(H2,22,24,25,28)/b11-8+. The molecule has 150 valence electrons. The van der Waals surface area contributed by atoms with Crippen LogP contribution in [-0.2, 0) is 14.4 Å². The molecular formula is C19H23FN4O3S. The van der Waals surface area contributed by atoms with Crippen LogP contribution in [0.25, 0.3) is 6.08 Å². The first kappa shape index (κ1) is 21.5. The highest BCUT2D eigenvalue weighted by molar-refractivity contribution is 7.80. The predicted molar refractivity (Wildman–Crippen MR) is 107 cm³/mol. The minimum absolute atomic E-state index is 0.0252. The number of amides is 3. The zero-order valence-corrected chi connectivity index (χ0v) is 16.1. The van der Waals surface area contributed by atoms with Gasteiger partial charge in [0.15, 0.2) is 5.11 Å². The molecule has 3 amide bonds. The molecule has 9 heteroatoms. The molecule has 1 aliphatic rings. The molecule has 28 heavy (non-hydrogen) atoms. The average Bonchev–Trinajstić information content (AvgIpc) is 2.70. The van der Waals surface area contributed by atoms with Crippen LogP contribution >= 0.6 is 12.2 Å². The first-order chi connectivity index (χ1) is 13.4. The maximum atomic E-state index is 12.8. The number of nitrogens with one attached hydrogen (secondary N) is 4. The van der Waals surface area contributed by atoms with Crippen molar-refractivity contribution >= 4 is 41.1 Å². The second-order valence-corrected chi connectivity index (χ2v) is 6.84. The van der Waals surface area contributed by atoms with Gasteiger partial charge in [0.2, 0.25) is 11.8 Å². The summed E-state index contributed by atoms with van der Waals surface area (Å²) in [5.41, 5.74) is 5.34. The van der Waals surface area contributed by atoms with E-state index in [0.29, 0.717) is 5.56 Å². The maximum Gasteiger partial charge on any atom is 0.257 e. The molecule has 0 spiro atoms. The Hall–Kier alpha value is -2.81. The van der Waals surface area contributed by atoms with Gasteiger partial charge in [-0.25, -0.2) is 4.39 Å². The molecule has 1 aliphatic carbocycles. The van der Waals surface area contributed by atoms with Gasteiger partial charge >= 0.3 is 0 Å². The molecule has 1 saturated carbocycles. The van der Waals surface area contributed by atoms with E-state index in [-0.39, 0.29) is 29.3 Å². The number of hydrazine groups is 1. The summed E-state index contributed by atoms with van der Waals surface area (Å²) in [5, 5.41) is 4.85. The van der Waals surface area contributed by atoms with E-state index in [0.717, 1.165) is 32.1 Å². The van der Waals surface area contributed by atoms with Crippen LogP contribution in [0.15, 0.2) is 30.3 Å². The van der Waals surface area contributed by atoms with Crippen molar-refractivity contribution in [2.24, 2.45) is 5.92 Å². The highest BCUT2D eigenvalue weighted by Gasteiger charge is 2.21. The average molecular weight is 406 g/mol. The summed E-state index contributed by atoms with van der Waals surface area (Å²) in [4.78, 5) is 35.5. The summed E-state index contributed by atoms with van der Waals surface area (Å²) >= 11 is 4.91. The monoisotopic (exact) mass is 406 g/mol. The van der Waals surface area contributed by atoms with Crippen LogP contribution in [0.2, 0.25) is 0 Å². The third-order valence-electron chi connectivity index (χ3n) is 4.25. The van der Waals surface area contributed by atoms with Gasteiger partial charge < -0.3 is 5.32 Å². The molecule has 4 N–H and O–H groups in total. The Bertz CT molecular complexity index is 746. The summed E-state index contributed by atoms with van der Waals surface area (Å²) in [6.45, 7) is -0.177. The normalized spacial score (nSPS) is 14.3. The fourth-order valence-corrected chi connectivity index (χ4v) is 2.93. The lowest BCUT2D eigenvalue weighted by atomic mass is 9.89. The maximum absolute atomic E-state index is 12.8. The van der Waals surface area contributed by atoms with Crippen molar-refractivity contribution in [2.75, 3.05) is 6.54 Å². The van der Waals surface area contributed by atoms with E-state index in [9.17, 15) is 18.8 Å². The van der Waals surface area contributed by atoms with Crippen molar-refractivity contribution in [3.63, 3.8) is 0 Å². The molecule has 1 fully saturated rings. The van der Waals surface area contributed by atoms with Crippen molar-refractivity contribution in [2.45, 2.75) is 32.1 Å². The number of benzene rings is 1. The molecule has 0 aromatic heterocycles. The highest BCUT2D eigenvalue weighted by atomic mass is 32.1. The summed E-state index contributed by atoms with van der Waals surface area (Å²) in [6.07, 6.45) is 7.66. The molecule has 1 aromatic carbocycles. The molecule has 0 aliphatic heterocycles. The number of hydrogen-bond acceptors (Lipinski definition) is 4. The molecule has 0 bridgehead atoms.